The highest BCUT2D eigenvalue weighted by atomic mass is 31.2. The van der Waals surface area contributed by atoms with Crippen LogP contribution in [0.1, 0.15) is 58.3 Å². The van der Waals surface area contributed by atoms with Crippen molar-refractivity contribution in [2.45, 2.75) is 70.5 Å². The van der Waals surface area contributed by atoms with Crippen molar-refractivity contribution in [1.82, 2.24) is 0 Å². The van der Waals surface area contributed by atoms with Gasteiger partial charge in [0.25, 0.3) is 5.52 Å². The molecular formula is C14H23O4P. The molecule has 2 rings (SSSR count). The molecule has 2 fully saturated rings. The fourth-order valence-electron chi connectivity index (χ4n) is 2.73. The lowest BCUT2D eigenvalue weighted by Crippen LogP contribution is -2.17. The molecule has 0 spiro atoms. The number of carbonyl (C=O) groups excluding carboxylic acids is 1. The van der Waals surface area contributed by atoms with Crippen LogP contribution in [0.2, 0.25) is 0 Å². The van der Waals surface area contributed by atoms with Crippen molar-refractivity contribution in [3.8, 4) is 0 Å². The van der Waals surface area contributed by atoms with Crippen LogP contribution >= 0.6 is 7.60 Å². The van der Waals surface area contributed by atoms with Gasteiger partial charge in [-0.25, -0.2) is 0 Å². The van der Waals surface area contributed by atoms with Gasteiger partial charge in [-0.2, -0.15) is 0 Å². The molecule has 0 saturated heterocycles. The summed E-state index contributed by atoms with van der Waals surface area (Å²) < 4.78 is 24.0. The maximum atomic E-state index is 12.8. The average molecular weight is 286 g/mol. The Morgan fingerprint density at radius 2 is 1.37 bits per heavy atom. The van der Waals surface area contributed by atoms with E-state index in [1.807, 2.05) is 0 Å². The van der Waals surface area contributed by atoms with Gasteiger partial charge in [-0.3, -0.25) is 18.4 Å². The van der Waals surface area contributed by atoms with Gasteiger partial charge in [0, 0.05) is 0 Å². The topological polar surface area (TPSA) is 52.6 Å². The number of hydrogen-bond donors (Lipinski definition) is 0. The van der Waals surface area contributed by atoms with Crippen molar-refractivity contribution >= 4 is 13.1 Å². The fourth-order valence-corrected chi connectivity index (χ4v) is 4.65. The van der Waals surface area contributed by atoms with Gasteiger partial charge < -0.3 is 0 Å². The molecule has 0 atom stereocenters. The maximum absolute atomic E-state index is 12.8. The minimum absolute atomic E-state index is 0.101. The first-order valence-corrected chi connectivity index (χ1v) is 8.73. The molecule has 0 aliphatic heterocycles. The zero-order chi connectivity index (χ0) is 13.9. The molecule has 2 aliphatic rings. The van der Waals surface area contributed by atoms with E-state index in [4.69, 9.17) is 9.05 Å². The van der Waals surface area contributed by atoms with E-state index in [1.54, 1.807) is 6.92 Å². The Bertz CT molecular complexity index is 370. The zero-order valence-electron chi connectivity index (χ0n) is 11.6. The van der Waals surface area contributed by atoms with Crippen LogP contribution in [-0.4, -0.2) is 17.7 Å². The second kappa shape index (κ2) is 6.34. The SMILES string of the molecule is C=C(C)C(=O)P(=O)(OC1CCCC1)OC1CCCC1. The summed E-state index contributed by atoms with van der Waals surface area (Å²) in [5.74, 6) is 0. The van der Waals surface area contributed by atoms with Crippen molar-refractivity contribution in [3.05, 3.63) is 12.2 Å². The van der Waals surface area contributed by atoms with Crippen LogP contribution < -0.4 is 0 Å². The molecular weight excluding hydrogens is 263 g/mol. The number of allylic oxidation sites excluding steroid dienone is 1. The van der Waals surface area contributed by atoms with Crippen LogP contribution in [0.4, 0.5) is 0 Å². The van der Waals surface area contributed by atoms with Gasteiger partial charge in [0.2, 0.25) is 0 Å². The lowest BCUT2D eigenvalue weighted by molar-refractivity contribution is -0.111. The van der Waals surface area contributed by atoms with Gasteiger partial charge in [-0.15, -0.1) is 0 Å². The third-order valence-electron chi connectivity index (χ3n) is 3.79. The number of carbonyl (C=O) groups is 1. The Kier molecular flexibility index (Phi) is 4.99. The zero-order valence-corrected chi connectivity index (χ0v) is 12.5. The summed E-state index contributed by atoms with van der Waals surface area (Å²) in [6.07, 6.45) is 7.51. The predicted octanol–water partition coefficient (Wildman–Crippen LogP) is 4.20. The molecule has 0 aromatic heterocycles. The lowest BCUT2D eigenvalue weighted by atomic mass is 10.3. The van der Waals surface area contributed by atoms with E-state index < -0.39 is 13.1 Å². The van der Waals surface area contributed by atoms with Gasteiger partial charge in [0.05, 0.1) is 12.2 Å². The van der Waals surface area contributed by atoms with Crippen molar-refractivity contribution in [2.24, 2.45) is 0 Å². The molecule has 0 unspecified atom stereocenters. The molecule has 0 N–H and O–H groups in total. The van der Waals surface area contributed by atoms with E-state index in [0.717, 1.165) is 51.4 Å². The second-order valence-electron chi connectivity index (χ2n) is 5.61. The minimum atomic E-state index is -3.70. The largest absolute Gasteiger partial charge is 0.401 e. The van der Waals surface area contributed by atoms with Gasteiger partial charge in [-0.05, 0) is 38.2 Å². The third kappa shape index (κ3) is 3.77. The van der Waals surface area contributed by atoms with E-state index in [-0.39, 0.29) is 17.8 Å². The van der Waals surface area contributed by atoms with E-state index >= 15 is 0 Å². The summed E-state index contributed by atoms with van der Waals surface area (Å²) in [6.45, 7) is 5.15. The Labute approximate surface area is 115 Å². The van der Waals surface area contributed by atoms with Gasteiger partial charge >= 0.3 is 7.60 Å². The Hall–Kier alpha value is -0.440. The molecule has 0 bridgehead atoms. The van der Waals surface area contributed by atoms with Crippen LogP contribution in [-0.2, 0) is 18.4 Å². The van der Waals surface area contributed by atoms with Crippen molar-refractivity contribution < 1.29 is 18.4 Å². The first kappa shape index (κ1) is 15.0. The van der Waals surface area contributed by atoms with Gasteiger partial charge in [0.15, 0.2) is 0 Å². The van der Waals surface area contributed by atoms with Crippen LogP contribution in [0.25, 0.3) is 0 Å². The quantitative estimate of drug-likeness (QED) is 0.542. The van der Waals surface area contributed by atoms with E-state index in [2.05, 4.69) is 6.58 Å². The fraction of sp³-hybridized carbons (Fsp3) is 0.786. The highest BCUT2D eigenvalue weighted by Gasteiger charge is 2.41. The molecule has 0 aromatic carbocycles. The Morgan fingerprint density at radius 3 is 1.68 bits per heavy atom. The molecule has 4 nitrogen and oxygen atoms in total. The van der Waals surface area contributed by atoms with Crippen LogP contribution in [0.15, 0.2) is 12.2 Å². The minimum Gasteiger partial charge on any atom is -0.300 e. The summed E-state index contributed by atoms with van der Waals surface area (Å²) in [7, 11) is -3.70. The average Bonchev–Trinajstić information content (AvgIpc) is 3.01. The van der Waals surface area contributed by atoms with Crippen molar-refractivity contribution in [1.29, 1.82) is 0 Å². The van der Waals surface area contributed by atoms with E-state index in [0.29, 0.717) is 0 Å². The van der Waals surface area contributed by atoms with Crippen molar-refractivity contribution in [2.75, 3.05) is 0 Å². The highest BCUT2D eigenvalue weighted by Crippen LogP contribution is 2.55. The van der Waals surface area contributed by atoms with Gasteiger partial charge in [-0.1, -0.05) is 32.3 Å². The Balaban J connectivity index is 2.08. The maximum Gasteiger partial charge on any atom is 0.401 e. The third-order valence-corrected chi connectivity index (χ3v) is 5.82. The first-order chi connectivity index (χ1) is 9.01. The van der Waals surface area contributed by atoms with Crippen LogP contribution in [0.5, 0.6) is 0 Å². The lowest BCUT2D eigenvalue weighted by Gasteiger charge is -2.23. The summed E-state index contributed by atoms with van der Waals surface area (Å²) in [4.78, 5) is 12.1. The van der Waals surface area contributed by atoms with Crippen molar-refractivity contribution in [3.63, 3.8) is 0 Å². The summed E-state index contributed by atoms with van der Waals surface area (Å²) in [5.41, 5.74) is -0.300. The van der Waals surface area contributed by atoms with Crippen LogP contribution in [0.3, 0.4) is 0 Å². The Morgan fingerprint density at radius 1 is 1.00 bits per heavy atom. The monoisotopic (exact) mass is 286 g/mol. The molecule has 0 amide bonds. The van der Waals surface area contributed by atoms with Gasteiger partial charge in [0.1, 0.15) is 0 Å². The standard InChI is InChI=1S/C14H23O4P/c1-11(2)14(15)19(16,17-12-7-3-4-8-12)18-13-9-5-6-10-13/h12-13H,1,3-10H2,2H3. The molecule has 108 valence electrons. The summed E-state index contributed by atoms with van der Waals surface area (Å²) >= 11 is 0. The normalized spacial score (nSPS) is 21.9. The van der Waals surface area contributed by atoms with E-state index in [1.165, 1.54) is 0 Å². The molecule has 2 saturated carbocycles. The molecule has 2 aliphatic carbocycles. The summed E-state index contributed by atoms with van der Waals surface area (Å²) in [5, 5.41) is 0. The predicted molar refractivity (Wildman–Crippen MR) is 74.1 cm³/mol. The molecule has 19 heavy (non-hydrogen) atoms. The second-order valence-corrected chi connectivity index (χ2v) is 7.43. The summed E-state index contributed by atoms with van der Waals surface area (Å²) in [6, 6.07) is 0. The van der Waals surface area contributed by atoms with Crippen LogP contribution in [0, 0.1) is 0 Å². The molecule has 0 aromatic rings. The number of hydrogen-bond acceptors (Lipinski definition) is 4. The number of rotatable bonds is 6. The molecule has 0 radical (unpaired) electrons. The smallest absolute Gasteiger partial charge is 0.300 e. The first-order valence-electron chi connectivity index (χ1n) is 7.18. The van der Waals surface area contributed by atoms with E-state index in [9.17, 15) is 9.36 Å². The molecule has 5 heteroatoms. The highest BCUT2D eigenvalue weighted by molar-refractivity contribution is 7.72. The molecule has 0 heterocycles.